The second-order valence-corrected chi connectivity index (χ2v) is 13.1. The van der Waals surface area contributed by atoms with E-state index in [0.717, 1.165) is 37.7 Å². The summed E-state index contributed by atoms with van der Waals surface area (Å²) in [6.07, 6.45) is 4.63. The van der Waals surface area contributed by atoms with Crippen LogP contribution in [0.4, 0.5) is 17.1 Å². The van der Waals surface area contributed by atoms with Gasteiger partial charge in [0.1, 0.15) is 6.10 Å². The van der Waals surface area contributed by atoms with Crippen molar-refractivity contribution in [2.45, 2.75) is 64.6 Å². The van der Waals surface area contributed by atoms with Crippen LogP contribution in [0.15, 0.2) is 66.7 Å². The minimum atomic E-state index is -0.385. The molecule has 0 radical (unpaired) electrons. The summed E-state index contributed by atoms with van der Waals surface area (Å²) in [4.78, 5) is 43.7. The Kier molecular flexibility index (Phi) is 11.2. The molecule has 0 bridgehead atoms. The topological polar surface area (TPSA) is 137 Å². The number of hydrogen-bond acceptors (Lipinski definition) is 7. The lowest BCUT2D eigenvalue weighted by Crippen LogP contribution is -2.49. The summed E-state index contributed by atoms with van der Waals surface area (Å²) in [6.45, 7) is 5.27. The molecule has 47 heavy (non-hydrogen) atoms. The number of benzene rings is 3. The normalized spacial score (nSPS) is 19.3. The van der Waals surface area contributed by atoms with E-state index in [1.54, 1.807) is 47.4 Å². The Morgan fingerprint density at radius 1 is 1.00 bits per heavy atom. The standard InChI is InChI=1S/C37H47N5O5/c1-24-20-42(25(2)23-43)37(46)29-12-9-15-32(40-35(44)27-10-5-4-6-11-27)34(29)47-33(24)22-41(3)21-26-16-18-28(19-17-26)36(45)39-31-14-8-7-13-30(31)38/h7-9,12-19,24-25,27,33,43H,4-6,10-11,20-23,38H2,1-3H3,(H,39,45)(H,40,44)/t24-,25+,33+/m0/s1. The monoisotopic (exact) mass is 641 g/mol. The fraction of sp³-hybridized carbons (Fsp3) is 0.432. The number of fused-ring (bicyclic) bond motifs is 1. The van der Waals surface area contributed by atoms with E-state index in [9.17, 15) is 19.5 Å². The fourth-order valence-corrected chi connectivity index (χ4v) is 6.41. The number of nitrogens with two attached hydrogens (primary N) is 1. The Bertz CT molecular complexity index is 1550. The predicted octanol–water partition coefficient (Wildman–Crippen LogP) is 5.39. The molecule has 3 aromatic rings. The zero-order valence-electron chi connectivity index (χ0n) is 27.6. The van der Waals surface area contributed by atoms with Crippen LogP contribution in [0.2, 0.25) is 0 Å². The number of ether oxygens (including phenoxy) is 1. The molecule has 1 aliphatic heterocycles. The van der Waals surface area contributed by atoms with Gasteiger partial charge in [0.15, 0.2) is 5.75 Å². The Morgan fingerprint density at radius 3 is 2.40 bits per heavy atom. The lowest BCUT2D eigenvalue weighted by atomic mass is 9.88. The van der Waals surface area contributed by atoms with Crippen molar-refractivity contribution < 1.29 is 24.2 Å². The molecule has 5 N–H and O–H groups in total. The Morgan fingerprint density at radius 2 is 1.70 bits per heavy atom. The third kappa shape index (κ3) is 8.31. The van der Waals surface area contributed by atoms with Crippen LogP contribution in [0.5, 0.6) is 5.75 Å². The second-order valence-electron chi connectivity index (χ2n) is 13.1. The average molecular weight is 642 g/mol. The van der Waals surface area contributed by atoms with Crippen molar-refractivity contribution in [1.82, 2.24) is 9.80 Å². The molecular formula is C37H47N5O5. The molecule has 0 unspecified atom stereocenters. The van der Waals surface area contributed by atoms with Crippen molar-refractivity contribution in [3.63, 3.8) is 0 Å². The lowest BCUT2D eigenvalue weighted by molar-refractivity contribution is -0.120. The largest absolute Gasteiger partial charge is 0.486 e. The molecule has 3 atom stereocenters. The minimum absolute atomic E-state index is 0.0390. The molecule has 0 saturated heterocycles. The van der Waals surface area contributed by atoms with Gasteiger partial charge in [0.25, 0.3) is 11.8 Å². The van der Waals surface area contributed by atoms with E-state index in [2.05, 4.69) is 15.5 Å². The number of rotatable bonds is 10. The minimum Gasteiger partial charge on any atom is -0.486 e. The van der Waals surface area contributed by atoms with E-state index in [1.807, 2.05) is 45.2 Å². The summed E-state index contributed by atoms with van der Waals surface area (Å²) < 4.78 is 6.70. The summed E-state index contributed by atoms with van der Waals surface area (Å²) in [6, 6.07) is 19.5. The number of aliphatic hydroxyl groups is 1. The van der Waals surface area contributed by atoms with Gasteiger partial charge in [-0.15, -0.1) is 0 Å². The van der Waals surface area contributed by atoms with Crippen LogP contribution in [0, 0.1) is 11.8 Å². The molecule has 5 rings (SSSR count). The predicted molar refractivity (Wildman–Crippen MR) is 184 cm³/mol. The molecule has 1 heterocycles. The van der Waals surface area contributed by atoms with E-state index in [-0.39, 0.29) is 48.3 Å². The third-order valence-corrected chi connectivity index (χ3v) is 9.29. The van der Waals surface area contributed by atoms with Crippen LogP contribution in [-0.4, -0.2) is 71.5 Å². The summed E-state index contributed by atoms with van der Waals surface area (Å²) in [5.41, 5.74) is 9.47. The molecule has 250 valence electrons. The smallest absolute Gasteiger partial charge is 0.258 e. The third-order valence-electron chi connectivity index (χ3n) is 9.29. The summed E-state index contributed by atoms with van der Waals surface area (Å²) >= 11 is 0. The number of nitrogens with one attached hydrogen (secondary N) is 2. The molecule has 0 aromatic heterocycles. The maximum Gasteiger partial charge on any atom is 0.258 e. The van der Waals surface area contributed by atoms with Crippen molar-refractivity contribution >= 4 is 34.8 Å². The highest BCUT2D eigenvalue weighted by molar-refractivity contribution is 6.05. The number of anilines is 3. The highest BCUT2D eigenvalue weighted by Crippen LogP contribution is 2.36. The van der Waals surface area contributed by atoms with Gasteiger partial charge in [-0.1, -0.05) is 56.5 Å². The number of para-hydroxylation sites is 3. The molecule has 1 fully saturated rings. The quantitative estimate of drug-likeness (QED) is 0.218. The summed E-state index contributed by atoms with van der Waals surface area (Å²) in [5, 5.41) is 16.0. The Hall–Kier alpha value is -4.41. The number of carbonyl (C=O) groups excluding carboxylic acids is 3. The summed E-state index contributed by atoms with van der Waals surface area (Å²) in [7, 11) is 2.00. The first-order valence-corrected chi connectivity index (χ1v) is 16.6. The van der Waals surface area contributed by atoms with E-state index in [1.165, 1.54) is 0 Å². The van der Waals surface area contributed by atoms with Crippen molar-refractivity contribution in [2.75, 3.05) is 43.1 Å². The van der Waals surface area contributed by atoms with Gasteiger partial charge in [-0.25, -0.2) is 0 Å². The molecule has 10 heteroatoms. The van der Waals surface area contributed by atoms with Crippen LogP contribution in [-0.2, 0) is 11.3 Å². The van der Waals surface area contributed by atoms with Gasteiger partial charge >= 0.3 is 0 Å². The van der Waals surface area contributed by atoms with Gasteiger partial charge in [0.05, 0.1) is 35.3 Å². The van der Waals surface area contributed by atoms with E-state index < -0.39 is 0 Å². The SMILES string of the molecule is C[C@H](CO)N1C[C@H](C)[C@@H](CN(C)Cc2ccc(C(=O)Nc3ccccc3N)cc2)Oc2c(NC(=O)C3CCCCC3)cccc2C1=O. The van der Waals surface area contributed by atoms with Crippen molar-refractivity contribution in [3.05, 3.63) is 83.4 Å². The molecule has 3 amide bonds. The van der Waals surface area contributed by atoms with Crippen LogP contribution in [0.25, 0.3) is 0 Å². The first kappa shape index (κ1) is 33.9. The zero-order valence-corrected chi connectivity index (χ0v) is 27.6. The highest BCUT2D eigenvalue weighted by Gasteiger charge is 2.35. The zero-order chi connectivity index (χ0) is 33.5. The molecule has 10 nitrogen and oxygen atoms in total. The van der Waals surface area contributed by atoms with Crippen LogP contribution in [0.3, 0.4) is 0 Å². The number of nitrogen functional groups attached to an aromatic ring is 1. The first-order chi connectivity index (χ1) is 22.6. The van der Waals surface area contributed by atoms with Crippen molar-refractivity contribution in [2.24, 2.45) is 11.8 Å². The van der Waals surface area contributed by atoms with Crippen LogP contribution in [0.1, 0.15) is 72.2 Å². The summed E-state index contributed by atoms with van der Waals surface area (Å²) in [5.74, 6) is -0.264. The number of aliphatic hydroxyl groups excluding tert-OH is 1. The first-order valence-electron chi connectivity index (χ1n) is 16.6. The maximum atomic E-state index is 13.8. The van der Waals surface area contributed by atoms with Crippen LogP contribution >= 0.6 is 0 Å². The van der Waals surface area contributed by atoms with Gasteiger partial charge in [-0.3, -0.25) is 19.3 Å². The van der Waals surface area contributed by atoms with Gasteiger partial charge in [0.2, 0.25) is 5.91 Å². The van der Waals surface area contributed by atoms with Gasteiger partial charge < -0.3 is 31.1 Å². The molecule has 2 aliphatic rings. The number of hydrogen-bond donors (Lipinski definition) is 4. The second kappa shape index (κ2) is 15.5. The van der Waals surface area contributed by atoms with E-state index in [0.29, 0.717) is 53.6 Å². The van der Waals surface area contributed by atoms with Gasteiger partial charge in [0, 0.05) is 37.0 Å². The van der Waals surface area contributed by atoms with Crippen molar-refractivity contribution in [3.8, 4) is 5.75 Å². The number of amides is 3. The molecule has 0 spiro atoms. The maximum absolute atomic E-state index is 13.8. The Balaban J connectivity index is 1.32. The fourth-order valence-electron chi connectivity index (χ4n) is 6.41. The number of likely N-dealkylation sites (N-methyl/N-ethyl adjacent to an activating group) is 1. The molecule has 1 saturated carbocycles. The van der Waals surface area contributed by atoms with E-state index in [4.69, 9.17) is 10.5 Å². The van der Waals surface area contributed by atoms with E-state index >= 15 is 0 Å². The highest BCUT2D eigenvalue weighted by atomic mass is 16.5. The average Bonchev–Trinajstić information content (AvgIpc) is 3.08. The number of carbonyl (C=O) groups is 3. The molecule has 1 aliphatic carbocycles. The Labute approximate surface area is 277 Å². The molecular weight excluding hydrogens is 594 g/mol. The lowest BCUT2D eigenvalue weighted by Gasteiger charge is -2.38. The van der Waals surface area contributed by atoms with Gasteiger partial charge in [-0.2, -0.15) is 0 Å². The molecule has 3 aromatic carbocycles. The van der Waals surface area contributed by atoms with Crippen LogP contribution < -0.4 is 21.1 Å². The number of nitrogens with zero attached hydrogens (tertiary/aromatic N) is 2. The van der Waals surface area contributed by atoms with Gasteiger partial charge in [-0.05, 0) is 68.8 Å². The van der Waals surface area contributed by atoms with Crippen molar-refractivity contribution in [1.29, 1.82) is 0 Å².